The molecular formula is C18H27NO2. The van der Waals surface area contributed by atoms with Crippen LogP contribution >= 0.6 is 0 Å². The number of nitrogens with one attached hydrogen (secondary N) is 1. The lowest BCUT2D eigenvalue weighted by Gasteiger charge is -2.40. The van der Waals surface area contributed by atoms with Gasteiger partial charge in [0.25, 0.3) is 0 Å². The third-order valence-electron chi connectivity index (χ3n) is 4.70. The van der Waals surface area contributed by atoms with Crippen molar-refractivity contribution in [2.75, 3.05) is 13.2 Å². The second-order valence-corrected chi connectivity index (χ2v) is 6.32. The van der Waals surface area contributed by atoms with Crippen LogP contribution in [0.25, 0.3) is 0 Å². The van der Waals surface area contributed by atoms with Crippen molar-refractivity contribution in [3.8, 4) is 11.5 Å². The van der Waals surface area contributed by atoms with Crippen molar-refractivity contribution in [2.24, 2.45) is 0 Å². The van der Waals surface area contributed by atoms with Gasteiger partial charge < -0.3 is 14.8 Å². The first-order valence-electron chi connectivity index (χ1n) is 8.46. The number of ether oxygens (including phenoxy) is 2. The predicted octanol–water partition coefficient (Wildman–Crippen LogP) is 4.22. The molecule has 1 aromatic carbocycles. The Morgan fingerprint density at radius 1 is 1.29 bits per heavy atom. The van der Waals surface area contributed by atoms with Crippen LogP contribution in [-0.4, -0.2) is 18.8 Å². The van der Waals surface area contributed by atoms with Crippen molar-refractivity contribution < 1.29 is 9.47 Å². The van der Waals surface area contributed by atoms with Crippen molar-refractivity contribution >= 4 is 0 Å². The van der Waals surface area contributed by atoms with Gasteiger partial charge >= 0.3 is 0 Å². The second-order valence-electron chi connectivity index (χ2n) is 6.32. The summed E-state index contributed by atoms with van der Waals surface area (Å²) in [5.74, 6) is 2.02. The summed E-state index contributed by atoms with van der Waals surface area (Å²) in [6, 6.07) is 6.60. The van der Waals surface area contributed by atoms with E-state index >= 15 is 0 Å². The van der Waals surface area contributed by atoms with E-state index in [1.807, 2.05) is 0 Å². The molecule has 0 amide bonds. The Hall–Kier alpha value is -1.22. The van der Waals surface area contributed by atoms with Gasteiger partial charge in [-0.15, -0.1) is 0 Å². The number of hydrogen-bond acceptors (Lipinski definition) is 3. The Morgan fingerprint density at radius 3 is 2.81 bits per heavy atom. The topological polar surface area (TPSA) is 30.5 Å². The van der Waals surface area contributed by atoms with Crippen LogP contribution in [0.15, 0.2) is 18.2 Å². The lowest BCUT2D eigenvalue weighted by atomic mass is 9.85. The third kappa shape index (κ3) is 2.89. The molecule has 1 fully saturated rings. The van der Waals surface area contributed by atoms with Gasteiger partial charge in [-0.05, 0) is 50.8 Å². The molecule has 1 atom stereocenters. The van der Waals surface area contributed by atoms with E-state index in [1.165, 1.54) is 31.2 Å². The summed E-state index contributed by atoms with van der Waals surface area (Å²) >= 11 is 0. The number of benzene rings is 1. The summed E-state index contributed by atoms with van der Waals surface area (Å²) in [5.41, 5.74) is 1.29. The Bertz CT molecular complexity index is 480. The van der Waals surface area contributed by atoms with Crippen molar-refractivity contribution in [3.05, 3.63) is 23.8 Å². The minimum atomic E-state index is 0.0587. The highest BCUT2D eigenvalue weighted by Crippen LogP contribution is 2.49. The molecule has 116 valence electrons. The quantitative estimate of drug-likeness (QED) is 0.880. The number of hydrogen-bond donors (Lipinski definition) is 1. The van der Waals surface area contributed by atoms with Gasteiger partial charge in [-0.25, -0.2) is 0 Å². The maximum atomic E-state index is 6.46. The number of rotatable bonds is 5. The van der Waals surface area contributed by atoms with Crippen molar-refractivity contribution in [3.63, 3.8) is 0 Å². The van der Waals surface area contributed by atoms with E-state index in [0.717, 1.165) is 37.5 Å². The Kier molecular flexibility index (Phi) is 4.39. The maximum absolute atomic E-state index is 6.46. The maximum Gasteiger partial charge on any atom is 0.128 e. The molecule has 0 radical (unpaired) electrons. The SMILES string of the molecule is CCCOc1cccc2c1C(NCC)CC1(CCCC1)O2. The monoisotopic (exact) mass is 289 g/mol. The summed E-state index contributed by atoms with van der Waals surface area (Å²) in [5, 5.41) is 3.65. The first kappa shape index (κ1) is 14.7. The van der Waals surface area contributed by atoms with Crippen molar-refractivity contribution in [1.82, 2.24) is 5.32 Å². The Morgan fingerprint density at radius 2 is 2.10 bits per heavy atom. The second kappa shape index (κ2) is 6.27. The molecule has 2 aliphatic rings. The summed E-state index contributed by atoms with van der Waals surface area (Å²) in [6.45, 7) is 6.05. The van der Waals surface area contributed by atoms with Gasteiger partial charge in [0.05, 0.1) is 12.2 Å². The molecule has 3 heteroatoms. The minimum absolute atomic E-state index is 0.0587. The van der Waals surface area contributed by atoms with E-state index in [4.69, 9.17) is 9.47 Å². The predicted molar refractivity (Wildman–Crippen MR) is 85.1 cm³/mol. The summed E-state index contributed by atoms with van der Waals surface area (Å²) in [7, 11) is 0. The summed E-state index contributed by atoms with van der Waals surface area (Å²) in [6.07, 6.45) is 7.06. The van der Waals surface area contributed by atoms with E-state index in [0.29, 0.717) is 6.04 Å². The van der Waals surface area contributed by atoms with Gasteiger partial charge in [0, 0.05) is 12.5 Å². The molecule has 3 rings (SSSR count). The first-order valence-corrected chi connectivity index (χ1v) is 8.46. The molecule has 21 heavy (non-hydrogen) atoms. The van der Waals surface area contributed by atoms with Crippen LogP contribution < -0.4 is 14.8 Å². The number of fused-ring (bicyclic) bond motifs is 1. The lowest BCUT2D eigenvalue weighted by Crippen LogP contribution is -2.42. The molecule has 1 aromatic rings. The van der Waals surface area contributed by atoms with Gasteiger partial charge in [0.15, 0.2) is 0 Å². The van der Waals surface area contributed by atoms with Crippen LogP contribution in [0.5, 0.6) is 11.5 Å². The fourth-order valence-electron chi connectivity index (χ4n) is 3.79. The first-order chi connectivity index (χ1) is 10.3. The molecular weight excluding hydrogens is 262 g/mol. The van der Waals surface area contributed by atoms with E-state index in [2.05, 4.69) is 37.4 Å². The highest BCUT2D eigenvalue weighted by Gasteiger charge is 2.43. The normalized spacial score (nSPS) is 22.9. The molecule has 1 heterocycles. The standard InChI is InChI=1S/C18H27NO2/c1-3-12-20-15-8-7-9-16-17(15)14(19-4-2)13-18(21-16)10-5-6-11-18/h7-9,14,19H,3-6,10-13H2,1-2H3. The largest absolute Gasteiger partial charge is 0.493 e. The van der Waals surface area contributed by atoms with E-state index in [1.54, 1.807) is 0 Å². The molecule has 1 saturated carbocycles. The fourth-order valence-corrected chi connectivity index (χ4v) is 3.79. The van der Waals surface area contributed by atoms with Gasteiger partial charge in [-0.1, -0.05) is 19.9 Å². The van der Waals surface area contributed by atoms with Gasteiger partial charge in [0.1, 0.15) is 17.1 Å². The van der Waals surface area contributed by atoms with Crippen molar-refractivity contribution in [2.45, 2.75) is 64.0 Å². The molecule has 1 spiro atoms. The van der Waals surface area contributed by atoms with Gasteiger partial charge in [-0.2, -0.15) is 0 Å². The van der Waals surface area contributed by atoms with Crippen LogP contribution in [0.1, 0.15) is 64.0 Å². The highest BCUT2D eigenvalue weighted by molar-refractivity contribution is 5.49. The smallest absolute Gasteiger partial charge is 0.128 e. The van der Waals surface area contributed by atoms with Crippen LogP contribution in [-0.2, 0) is 0 Å². The van der Waals surface area contributed by atoms with Crippen LogP contribution in [0.3, 0.4) is 0 Å². The summed E-state index contributed by atoms with van der Waals surface area (Å²) < 4.78 is 12.4. The van der Waals surface area contributed by atoms with E-state index in [9.17, 15) is 0 Å². The molecule has 0 saturated heterocycles. The lowest BCUT2D eigenvalue weighted by molar-refractivity contribution is 0.0358. The molecule has 0 aromatic heterocycles. The zero-order chi connectivity index (χ0) is 14.7. The van der Waals surface area contributed by atoms with Crippen LogP contribution in [0.2, 0.25) is 0 Å². The molecule has 0 bridgehead atoms. The average molecular weight is 289 g/mol. The zero-order valence-electron chi connectivity index (χ0n) is 13.3. The average Bonchev–Trinajstić information content (AvgIpc) is 2.92. The molecule has 1 aliphatic carbocycles. The zero-order valence-corrected chi connectivity index (χ0v) is 13.3. The minimum Gasteiger partial charge on any atom is -0.493 e. The highest BCUT2D eigenvalue weighted by atomic mass is 16.5. The Labute approximate surface area is 128 Å². The molecule has 3 nitrogen and oxygen atoms in total. The van der Waals surface area contributed by atoms with Crippen LogP contribution in [0.4, 0.5) is 0 Å². The molecule has 1 unspecified atom stereocenters. The van der Waals surface area contributed by atoms with Crippen molar-refractivity contribution in [1.29, 1.82) is 0 Å². The van der Waals surface area contributed by atoms with Gasteiger partial charge in [0.2, 0.25) is 0 Å². The van der Waals surface area contributed by atoms with Crippen LogP contribution in [0, 0.1) is 0 Å². The Balaban J connectivity index is 1.94. The summed E-state index contributed by atoms with van der Waals surface area (Å²) in [4.78, 5) is 0. The van der Waals surface area contributed by atoms with E-state index in [-0.39, 0.29) is 5.60 Å². The van der Waals surface area contributed by atoms with Gasteiger partial charge in [-0.3, -0.25) is 0 Å². The molecule has 1 aliphatic heterocycles. The third-order valence-corrected chi connectivity index (χ3v) is 4.70. The molecule has 1 N–H and O–H groups in total. The fraction of sp³-hybridized carbons (Fsp3) is 0.667. The van der Waals surface area contributed by atoms with E-state index < -0.39 is 0 Å².